The molecule has 1 rings (SSSR count). The molecule has 0 aromatic heterocycles. The van der Waals surface area contributed by atoms with Gasteiger partial charge < -0.3 is 28.5 Å². The molecule has 0 aromatic carbocycles. The van der Waals surface area contributed by atoms with E-state index in [-0.39, 0.29) is 43.4 Å². The van der Waals surface area contributed by atoms with Crippen molar-refractivity contribution in [1.82, 2.24) is 15.3 Å². The van der Waals surface area contributed by atoms with Gasteiger partial charge in [0.05, 0.1) is 37.4 Å². The summed E-state index contributed by atoms with van der Waals surface area (Å²) in [4.78, 5) is 47.9. The van der Waals surface area contributed by atoms with Crippen LogP contribution in [0.5, 0.6) is 0 Å². The summed E-state index contributed by atoms with van der Waals surface area (Å²) in [5, 5.41) is 14.2. The zero-order valence-electron chi connectivity index (χ0n) is 22.3. The number of carbonyl (C=O) groups excluding carboxylic acids is 4. The van der Waals surface area contributed by atoms with Gasteiger partial charge in [-0.1, -0.05) is 11.8 Å². The van der Waals surface area contributed by atoms with Crippen molar-refractivity contribution < 1.29 is 42.8 Å². The van der Waals surface area contributed by atoms with Crippen LogP contribution in [-0.4, -0.2) is 90.5 Å². The minimum absolute atomic E-state index is 0.141. The van der Waals surface area contributed by atoms with Crippen molar-refractivity contribution in [3.63, 3.8) is 0 Å². The van der Waals surface area contributed by atoms with E-state index < -0.39 is 31.9 Å². The van der Waals surface area contributed by atoms with Crippen LogP contribution in [0.3, 0.4) is 0 Å². The fourth-order valence-corrected chi connectivity index (χ4v) is 4.95. The predicted octanol–water partition coefficient (Wildman–Crippen LogP) is 1.68. The van der Waals surface area contributed by atoms with Crippen LogP contribution in [0.2, 0.25) is 0 Å². The molecule has 212 valence electrons. The Balaban J connectivity index is 2.62. The smallest absolute Gasteiger partial charge is 0.323 e. The van der Waals surface area contributed by atoms with Crippen molar-refractivity contribution in [2.24, 2.45) is 5.41 Å². The second-order valence-electron chi connectivity index (χ2n) is 9.30. The van der Waals surface area contributed by atoms with Crippen LogP contribution in [0.25, 0.3) is 0 Å². The molecule has 1 saturated heterocycles. The molecule has 0 saturated carbocycles. The number of thioether (sulfide) groups is 1. The summed E-state index contributed by atoms with van der Waals surface area (Å²) in [6, 6.07) is -0.679. The molecule has 1 aliphatic heterocycles. The summed E-state index contributed by atoms with van der Waals surface area (Å²) < 4.78 is 23.0. The average Bonchev–Trinajstić information content (AvgIpc) is 3.32. The zero-order chi connectivity index (χ0) is 28.0. The first-order valence-electron chi connectivity index (χ1n) is 12.0. The van der Waals surface area contributed by atoms with E-state index in [1.807, 2.05) is 5.32 Å². The number of hydrogen-bond acceptors (Lipinski definition) is 12. The van der Waals surface area contributed by atoms with Crippen LogP contribution < -0.4 is 10.4 Å². The standard InChI is InChI=1S/C23H40N3O9PS/c1-16(2)34-21(30)17(3)25-36(32-11-12-37-22(31)23(4,5)14-27)33-13-18-7-8-20(35-18)26(6)10-9-19(29)24-15-28/h9-10,15-18,20,25,27H,7-8,11-14H2,1-6H3,(H,24,28,29)/b10-9-/t17-,18-,20+,36?/m0/s1. The second-order valence-corrected chi connectivity index (χ2v) is 11.7. The highest BCUT2D eigenvalue weighted by atomic mass is 32.2. The number of rotatable bonds is 17. The molecule has 0 aliphatic carbocycles. The lowest BCUT2D eigenvalue weighted by atomic mass is 9.97. The molecule has 0 spiro atoms. The van der Waals surface area contributed by atoms with E-state index in [2.05, 4.69) is 5.09 Å². The second kappa shape index (κ2) is 17.1. The van der Waals surface area contributed by atoms with E-state index in [9.17, 15) is 24.3 Å². The van der Waals surface area contributed by atoms with Crippen molar-refractivity contribution in [3.05, 3.63) is 12.3 Å². The molecular formula is C23H40N3O9PS. The van der Waals surface area contributed by atoms with E-state index >= 15 is 0 Å². The molecule has 1 aliphatic rings. The minimum Gasteiger partial charge on any atom is -0.462 e. The largest absolute Gasteiger partial charge is 0.462 e. The molecule has 37 heavy (non-hydrogen) atoms. The first-order chi connectivity index (χ1) is 17.4. The highest BCUT2D eigenvalue weighted by molar-refractivity contribution is 8.13. The molecule has 1 unspecified atom stereocenters. The van der Waals surface area contributed by atoms with Crippen LogP contribution in [-0.2, 0) is 37.7 Å². The molecule has 14 heteroatoms. The number of carbonyl (C=O) groups is 4. The first kappa shape index (κ1) is 33.4. The molecule has 4 atom stereocenters. The first-order valence-corrected chi connectivity index (χ1v) is 14.2. The Hall–Kier alpha value is -1.60. The fourth-order valence-electron chi connectivity index (χ4n) is 2.82. The number of nitrogens with zero attached hydrogens (tertiary/aromatic N) is 1. The van der Waals surface area contributed by atoms with E-state index in [1.54, 1.807) is 46.6 Å². The van der Waals surface area contributed by atoms with Crippen molar-refractivity contribution in [3.8, 4) is 0 Å². The maximum Gasteiger partial charge on any atom is 0.323 e. The molecule has 0 aromatic rings. The number of imide groups is 1. The van der Waals surface area contributed by atoms with Gasteiger partial charge in [-0.05, 0) is 47.5 Å². The third-order valence-corrected chi connectivity index (χ3v) is 7.64. The van der Waals surface area contributed by atoms with Gasteiger partial charge in [0.15, 0.2) is 5.12 Å². The van der Waals surface area contributed by atoms with Crippen LogP contribution in [0, 0.1) is 5.41 Å². The molecular weight excluding hydrogens is 525 g/mol. The minimum atomic E-state index is -1.70. The summed E-state index contributed by atoms with van der Waals surface area (Å²) in [6.07, 6.45) is 3.72. The van der Waals surface area contributed by atoms with E-state index in [0.29, 0.717) is 25.0 Å². The summed E-state index contributed by atoms with van der Waals surface area (Å²) >= 11 is 1.07. The predicted molar refractivity (Wildman–Crippen MR) is 140 cm³/mol. The molecule has 12 nitrogen and oxygen atoms in total. The Kier molecular flexibility index (Phi) is 15.4. The zero-order valence-corrected chi connectivity index (χ0v) is 24.0. The van der Waals surface area contributed by atoms with Crippen molar-refractivity contribution in [2.75, 3.05) is 32.6 Å². The van der Waals surface area contributed by atoms with Gasteiger partial charge in [-0.2, -0.15) is 0 Å². The van der Waals surface area contributed by atoms with Gasteiger partial charge in [-0.3, -0.25) is 24.5 Å². The van der Waals surface area contributed by atoms with E-state index in [1.165, 1.54) is 12.3 Å². The lowest BCUT2D eigenvalue weighted by Gasteiger charge is -2.25. The Morgan fingerprint density at radius 2 is 1.95 bits per heavy atom. The Bertz CT molecular complexity index is 785. The third-order valence-electron chi connectivity index (χ3n) is 5.06. The maximum atomic E-state index is 12.2. The van der Waals surface area contributed by atoms with Crippen molar-refractivity contribution in [1.29, 1.82) is 0 Å². The van der Waals surface area contributed by atoms with Crippen LogP contribution in [0.1, 0.15) is 47.5 Å². The van der Waals surface area contributed by atoms with Gasteiger partial charge in [0.2, 0.25) is 6.41 Å². The van der Waals surface area contributed by atoms with Crippen LogP contribution in [0.15, 0.2) is 12.3 Å². The highest BCUT2D eigenvalue weighted by Gasteiger charge is 2.30. The summed E-state index contributed by atoms with van der Waals surface area (Å²) in [7, 11) is 0.0552. The lowest BCUT2D eigenvalue weighted by Crippen LogP contribution is -2.35. The van der Waals surface area contributed by atoms with Crippen molar-refractivity contribution >= 4 is 43.7 Å². The normalized spacial score (nSPS) is 19.6. The van der Waals surface area contributed by atoms with Gasteiger partial charge in [0.1, 0.15) is 12.3 Å². The summed E-state index contributed by atoms with van der Waals surface area (Å²) in [5.41, 5.74) is -0.837. The number of aliphatic hydroxyl groups is 1. The van der Waals surface area contributed by atoms with E-state index in [4.69, 9.17) is 18.5 Å². The summed E-state index contributed by atoms with van der Waals surface area (Å²) in [5.74, 6) is -0.611. The van der Waals surface area contributed by atoms with Crippen LogP contribution in [0.4, 0.5) is 0 Å². The SMILES string of the molecule is CC(C)OC(=O)[C@H](C)NP(OCCSC(=O)C(C)(C)CO)OC[C@@H]1CC[C@H](N(C)/C=C\C(=O)NC=O)O1. The number of amides is 2. The molecule has 1 heterocycles. The number of nitrogens with one attached hydrogen (secondary N) is 2. The Labute approximate surface area is 224 Å². The van der Waals surface area contributed by atoms with Gasteiger partial charge >= 0.3 is 5.97 Å². The monoisotopic (exact) mass is 565 g/mol. The fraction of sp³-hybridized carbons (Fsp3) is 0.739. The Morgan fingerprint density at radius 3 is 2.57 bits per heavy atom. The molecule has 0 radical (unpaired) electrons. The number of aliphatic hydroxyl groups excluding tert-OH is 1. The Morgan fingerprint density at radius 1 is 1.24 bits per heavy atom. The van der Waals surface area contributed by atoms with Crippen molar-refractivity contribution in [2.45, 2.75) is 71.9 Å². The number of hydrogen-bond donors (Lipinski definition) is 3. The molecule has 0 bridgehead atoms. The third kappa shape index (κ3) is 13.2. The van der Waals surface area contributed by atoms with Gasteiger partial charge in [0, 0.05) is 25.1 Å². The molecule has 3 N–H and O–H groups in total. The molecule has 2 amide bonds. The number of esters is 1. The summed E-state index contributed by atoms with van der Waals surface area (Å²) in [6.45, 7) is 8.66. The quantitative estimate of drug-likeness (QED) is 0.0773. The lowest BCUT2D eigenvalue weighted by molar-refractivity contribution is -0.149. The highest BCUT2D eigenvalue weighted by Crippen LogP contribution is 2.36. The van der Waals surface area contributed by atoms with Gasteiger partial charge in [-0.25, -0.2) is 5.09 Å². The average molecular weight is 566 g/mol. The molecule has 1 fully saturated rings. The van der Waals surface area contributed by atoms with Gasteiger partial charge in [0.25, 0.3) is 14.4 Å². The maximum absolute atomic E-state index is 12.2. The number of ether oxygens (including phenoxy) is 2. The van der Waals surface area contributed by atoms with Crippen LogP contribution >= 0.6 is 20.3 Å². The van der Waals surface area contributed by atoms with E-state index in [0.717, 1.165) is 11.8 Å². The van der Waals surface area contributed by atoms with Gasteiger partial charge in [-0.15, -0.1) is 0 Å². The topological polar surface area (TPSA) is 153 Å².